The molecule has 0 aliphatic heterocycles. The minimum absolute atomic E-state index is 0.192. The Balaban J connectivity index is 2.57. The molecule has 1 heteroatoms. The first-order chi connectivity index (χ1) is 8.43. The number of phenolic OH excluding ortho intramolecular Hbond substituents is 1. The Kier molecular flexibility index (Phi) is 3.16. The molecule has 94 valence electrons. The molecule has 0 unspecified atom stereocenters. The molecule has 0 bridgehead atoms. The van der Waals surface area contributed by atoms with Gasteiger partial charge in [-0.25, -0.2) is 0 Å². The molecule has 0 saturated heterocycles. The Morgan fingerprint density at radius 3 is 2.28 bits per heavy atom. The van der Waals surface area contributed by atoms with E-state index in [0.717, 1.165) is 11.1 Å². The highest BCUT2D eigenvalue weighted by molar-refractivity contribution is 5.49. The fourth-order valence-corrected chi connectivity index (χ4v) is 2.35. The summed E-state index contributed by atoms with van der Waals surface area (Å²) in [5.41, 5.74) is 4.18. The van der Waals surface area contributed by atoms with Crippen molar-refractivity contribution < 1.29 is 5.11 Å². The highest BCUT2D eigenvalue weighted by atomic mass is 16.3. The van der Waals surface area contributed by atoms with Crippen LogP contribution in [0.15, 0.2) is 42.5 Å². The van der Waals surface area contributed by atoms with Gasteiger partial charge < -0.3 is 5.11 Å². The molecular formula is C17H20O. The first kappa shape index (κ1) is 12.7. The monoisotopic (exact) mass is 240 g/mol. The zero-order chi connectivity index (χ0) is 13.3. The van der Waals surface area contributed by atoms with Crippen LogP contribution in [0.3, 0.4) is 0 Å². The molecule has 0 heterocycles. The zero-order valence-electron chi connectivity index (χ0n) is 11.5. The van der Waals surface area contributed by atoms with Crippen molar-refractivity contribution in [2.75, 3.05) is 0 Å². The van der Waals surface area contributed by atoms with Gasteiger partial charge in [0.1, 0.15) is 5.75 Å². The lowest BCUT2D eigenvalue weighted by atomic mass is 9.77. The van der Waals surface area contributed by atoms with E-state index < -0.39 is 0 Å². The van der Waals surface area contributed by atoms with Crippen LogP contribution in [0, 0.1) is 13.8 Å². The minimum atomic E-state index is -0.192. The van der Waals surface area contributed by atoms with Crippen molar-refractivity contribution in [3.05, 3.63) is 64.7 Å². The average Bonchev–Trinajstić information content (AvgIpc) is 2.32. The predicted molar refractivity (Wildman–Crippen MR) is 76.2 cm³/mol. The van der Waals surface area contributed by atoms with Gasteiger partial charge in [0, 0.05) is 11.0 Å². The van der Waals surface area contributed by atoms with Crippen LogP contribution in [-0.4, -0.2) is 5.11 Å². The first-order valence-corrected chi connectivity index (χ1v) is 6.29. The van der Waals surface area contributed by atoms with Gasteiger partial charge in [-0.15, -0.1) is 0 Å². The molecule has 0 fully saturated rings. The van der Waals surface area contributed by atoms with E-state index in [1.54, 1.807) is 0 Å². The molecule has 0 spiro atoms. The summed E-state index contributed by atoms with van der Waals surface area (Å²) in [6.45, 7) is 8.33. The summed E-state index contributed by atoms with van der Waals surface area (Å²) >= 11 is 0. The first-order valence-electron chi connectivity index (χ1n) is 6.29. The van der Waals surface area contributed by atoms with E-state index in [9.17, 15) is 5.11 Å². The standard InChI is InChI=1S/C17H20O/c1-12-7-5-9-14(11-12)17(3,4)15-10-6-8-13(2)16(15)18/h5-11,18H,1-4H3. The number of benzene rings is 2. The number of aryl methyl sites for hydroxylation is 2. The third-order valence-electron chi connectivity index (χ3n) is 3.65. The van der Waals surface area contributed by atoms with Gasteiger partial charge >= 0.3 is 0 Å². The maximum Gasteiger partial charge on any atom is 0.122 e. The number of para-hydroxylation sites is 1. The van der Waals surface area contributed by atoms with Crippen molar-refractivity contribution in [1.29, 1.82) is 0 Å². The molecule has 0 amide bonds. The van der Waals surface area contributed by atoms with Gasteiger partial charge in [0.05, 0.1) is 0 Å². The van der Waals surface area contributed by atoms with Crippen molar-refractivity contribution in [3.8, 4) is 5.75 Å². The van der Waals surface area contributed by atoms with Crippen molar-refractivity contribution in [2.45, 2.75) is 33.1 Å². The molecule has 18 heavy (non-hydrogen) atoms. The van der Waals surface area contributed by atoms with Gasteiger partial charge in [0.25, 0.3) is 0 Å². The maximum atomic E-state index is 10.3. The number of hydrogen-bond donors (Lipinski definition) is 1. The second-order valence-corrected chi connectivity index (χ2v) is 5.47. The largest absolute Gasteiger partial charge is 0.507 e. The molecule has 1 N–H and O–H groups in total. The van der Waals surface area contributed by atoms with Crippen molar-refractivity contribution in [2.24, 2.45) is 0 Å². The van der Waals surface area contributed by atoms with Crippen LogP contribution in [0.5, 0.6) is 5.75 Å². The van der Waals surface area contributed by atoms with E-state index >= 15 is 0 Å². The molecule has 2 aromatic rings. The maximum absolute atomic E-state index is 10.3. The van der Waals surface area contributed by atoms with Crippen LogP contribution in [-0.2, 0) is 5.41 Å². The normalized spacial score (nSPS) is 11.6. The van der Waals surface area contributed by atoms with Gasteiger partial charge in [-0.2, -0.15) is 0 Å². The van der Waals surface area contributed by atoms with Gasteiger partial charge in [-0.05, 0) is 25.0 Å². The number of aromatic hydroxyl groups is 1. The van der Waals surface area contributed by atoms with E-state index in [4.69, 9.17) is 0 Å². The van der Waals surface area contributed by atoms with E-state index in [0.29, 0.717) is 5.75 Å². The lowest BCUT2D eigenvalue weighted by Crippen LogP contribution is -2.19. The minimum Gasteiger partial charge on any atom is -0.507 e. The lowest BCUT2D eigenvalue weighted by Gasteiger charge is -2.27. The van der Waals surface area contributed by atoms with Gasteiger partial charge in [-0.1, -0.05) is 61.9 Å². The summed E-state index contributed by atoms with van der Waals surface area (Å²) < 4.78 is 0. The fourth-order valence-electron chi connectivity index (χ4n) is 2.35. The molecule has 1 nitrogen and oxygen atoms in total. The Morgan fingerprint density at radius 2 is 1.61 bits per heavy atom. The molecule has 0 radical (unpaired) electrons. The van der Waals surface area contributed by atoms with Gasteiger partial charge in [0.2, 0.25) is 0 Å². The smallest absolute Gasteiger partial charge is 0.122 e. The Bertz CT molecular complexity index is 568. The second-order valence-electron chi connectivity index (χ2n) is 5.47. The summed E-state index contributed by atoms with van der Waals surface area (Å²) in [5.74, 6) is 0.406. The molecule has 2 rings (SSSR count). The molecule has 0 aliphatic rings. The van der Waals surface area contributed by atoms with E-state index in [-0.39, 0.29) is 5.41 Å². The van der Waals surface area contributed by atoms with Crippen LogP contribution >= 0.6 is 0 Å². The highest BCUT2D eigenvalue weighted by Crippen LogP contribution is 2.38. The zero-order valence-corrected chi connectivity index (χ0v) is 11.5. The number of phenols is 1. The number of hydrogen-bond acceptors (Lipinski definition) is 1. The van der Waals surface area contributed by atoms with Crippen LogP contribution in [0.25, 0.3) is 0 Å². The van der Waals surface area contributed by atoms with Crippen LogP contribution < -0.4 is 0 Å². The Morgan fingerprint density at radius 1 is 0.944 bits per heavy atom. The topological polar surface area (TPSA) is 20.2 Å². The van der Waals surface area contributed by atoms with E-state index in [1.807, 2.05) is 25.1 Å². The van der Waals surface area contributed by atoms with Gasteiger partial charge in [0.15, 0.2) is 0 Å². The molecule has 2 aromatic carbocycles. The second kappa shape index (κ2) is 4.49. The summed E-state index contributed by atoms with van der Waals surface area (Å²) in [7, 11) is 0. The molecule has 0 saturated carbocycles. The van der Waals surface area contributed by atoms with Crippen molar-refractivity contribution >= 4 is 0 Å². The summed E-state index contributed by atoms with van der Waals surface area (Å²) in [6, 6.07) is 14.4. The summed E-state index contributed by atoms with van der Waals surface area (Å²) in [5, 5.41) is 10.3. The quantitative estimate of drug-likeness (QED) is 0.828. The third-order valence-corrected chi connectivity index (χ3v) is 3.65. The highest BCUT2D eigenvalue weighted by Gasteiger charge is 2.26. The predicted octanol–water partition coefficient (Wildman–Crippen LogP) is 4.33. The molecule has 0 atom stereocenters. The molecule has 0 aromatic heterocycles. The van der Waals surface area contributed by atoms with Crippen LogP contribution in [0.2, 0.25) is 0 Å². The fraction of sp³-hybridized carbons (Fsp3) is 0.294. The summed E-state index contributed by atoms with van der Waals surface area (Å²) in [6.07, 6.45) is 0. The Labute approximate surface area is 109 Å². The van der Waals surface area contributed by atoms with Crippen LogP contribution in [0.1, 0.15) is 36.1 Å². The number of rotatable bonds is 2. The molecule has 0 aliphatic carbocycles. The Hall–Kier alpha value is -1.76. The van der Waals surface area contributed by atoms with Crippen LogP contribution in [0.4, 0.5) is 0 Å². The average molecular weight is 240 g/mol. The van der Waals surface area contributed by atoms with Crippen molar-refractivity contribution in [1.82, 2.24) is 0 Å². The third kappa shape index (κ3) is 2.13. The van der Waals surface area contributed by atoms with Gasteiger partial charge in [-0.3, -0.25) is 0 Å². The van der Waals surface area contributed by atoms with E-state index in [1.165, 1.54) is 11.1 Å². The SMILES string of the molecule is Cc1cccc(C(C)(C)c2cccc(C)c2O)c1. The van der Waals surface area contributed by atoms with Crippen molar-refractivity contribution in [3.63, 3.8) is 0 Å². The molecular weight excluding hydrogens is 220 g/mol. The summed E-state index contributed by atoms with van der Waals surface area (Å²) in [4.78, 5) is 0. The lowest BCUT2D eigenvalue weighted by molar-refractivity contribution is 0.449. The van der Waals surface area contributed by atoms with E-state index in [2.05, 4.69) is 45.0 Å².